The van der Waals surface area contributed by atoms with Crippen molar-refractivity contribution in [3.8, 4) is 11.3 Å². The smallest absolute Gasteiger partial charge is 0.313 e. The topological polar surface area (TPSA) is 94.9 Å². The van der Waals surface area contributed by atoms with Gasteiger partial charge in [0.25, 0.3) is 0 Å². The Bertz CT molecular complexity index is 635. The van der Waals surface area contributed by atoms with E-state index in [-0.39, 0.29) is 22.4 Å². The number of rotatable bonds is 2. The predicted molar refractivity (Wildman–Crippen MR) is 63.5 cm³/mol. The van der Waals surface area contributed by atoms with Crippen molar-refractivity contribution < 1.29 is 9.31 Å². The molecular weight excluding hydrogens is 263 g/mol. The van der Waals surface area contributed by atoms with E-state index in [0.717, 1.165) is 12.3 Å². The normalized spacial score (nSPS) is 10.3. The number of aromatic nitrogens is 2. The molecule has 0 bridgehead atoms. The van der Waals surface area contributed by atoms with E-state index in [2.05, 4.69) is 9.97 Å². The first-order valence-electron chi connectivity index (χ1n) is 4.71. The molecular formula is C10H6ClFN4O2. The summed E-state index contributed by atoms with van der Waals surface area (Å²) in [6, 6.07) is 3.67. The van der Waals surface area contributed by atoms with Crippen molar-refractivity contribution in [2.45, 2.75) is 0 Å². The molecule has 0 radical (unpaired) electrons. The molecule has 0 saturated carbocycles. The zero-order valence-corrected chi connectivity index (χ0v) is 9.56. The fourth-order valence-electron chi connectivity index (χ4n) is 1.38. The quantitative estimate of drug-likeness (QED) is 0.666. The van der Waals surface area contributed by atoms with Gasteiger partial charge in [-0.05, 0) is 18.2 Å². The van der Waals surface area contributed by atoms with Crippen LogP contribution in [-0.4, -0.2) is 14.9 Å². The van der Waals surface area contributed by atoms with Gasteiger partial charge in [-0.15, -0.1) is 0 Å². The molecule has 0 aliphatic heterocycles. The van der Waals surface area contributed by atoms with E-state index >= 15 is 0 Å². The summed E-state index contributed by atoms with van der Waals surface area (Å²) in [6.45, 7) is 0. The molecule has 0 saturated heterocycles. The highest BCUT2D eigenvalue weighted by atomic mass is 35.5. The average Bonchev–Trinajstić information content (AvgIpc) is 2.32. The number of nitrogens with two attached hydrogens (primary N) is 1. The van der Waals surface area contributed by atoms with Crippen LogP contribution in [0.5, 0.6) is 0 Å². The van der Waals surface area contributed by atoms with Crippen molar-refractivity contribution in [3.63, 3.8) is 0 Å². The Labute approximate surface area is 105 Å². The Morgan fingerprint density at radius 2 is 2.17 bits per heavy atom. The lowest BCUT2D eigenvalue weighted by atomic mass is 10.1. The second-order valence-electron chi connectivity index (χ2n) is 3.35. The Morgan fingerprint density at radius 1 is 1.44 bits per heavy atom. The van der Waals surface area contributed by atoms with E-state index < -0.39 is 10.7 Å². The number of nitrogen functional groups attached to an aromatic ring is 1. The van der Waals surface area contributed by atoms with E-state index in [1.807, 2.05) is 0 Å². The van der Waals surface area contributed by atoms with Crippen molar-refractivity contribution in [2.24, 2.45) is 0 Å². The van der Waals surface area contributed by atoms with Crippen LogP contribution < -0.4 is 5.73 Å². The molecule has 1 aromatic carbocycles. The lowest BCUT2D eigenvalue weighted by Gasteiger charge is -2.03. The second kappa shape index (κ2) is 4.53. The molecule has 0 fully saturated rings. The highest BCUT2D eigenvalue weighted by Crippen LogP contribution is 2.30. The summed E-state index contributed by atoms with van der Waals surface area (Å²) in [5, 5.41) is 10.7. The van der Waals surface area contributed by atoms with Gasteiger partial charge in [0.1, 0.15) is 12.0 Å². The number of nitrogens with zero attached hydrogens (tertiary/aromatic N) is 3. The molecule has 2 N–H and O–H groups in total. The van der Waals surface area contributed by atoms with Gasteiger partial charge >= 0.3 is 5.69 Å². The van der Waals surface area contributed by atoms with Crippen LogP contribution in [0.15, 0.2) is 24.4 Å². The summed E-state index contributed by atoms with van der Waals surface area (Å²) in [4.78, 5) is 17.5. The van der Waals surface area contributed by atoms with Gasteiger partial charge in [0.15, 0.2) is 5.69 Å². The summed E-state index contributed by atoms with van der Waals surface area (Å²) in [5.41, 5.74) is 5.34. The lowest BCUT2D eigenvalue weighted by Crippen LogP contribution is -2.01. The van der Waals surface area contributed by atoms with E-state index in [0.29, 0.717) is 5.56 Å². The van der Waals surface area contributed by atoms with Crippen LogP contribution in [-0.2, 0) is 0 Å². The molecule has 0 aliphatic carbocycles. The van der Waals surface area contributed by atoms with E-state index in [9.17, 15) is 14.5 Å². The summed E-state index contributed by atoms with van der Waals surface area (Å²) in [6.07, 6.45) is 0.995. The molecule has 0 atom stereocenters. The van der Waals surface area contributed by atoms with E-state index in [1.54, 1.807) is 0 Å². The maximum absolute atomic E-state index is 13.0. The Hall–Kier alpha value is -2.28. The second-order valence-corrected chi connectivity index (χ2v) is 3.76. The number of nitro groups is 1. The molecule has 0 aliphatic rings. The minimum atomic E-state index is -0.647. The van der Waals surface area contributed by atoms with Gasteiger partial charge in [-0.3, -0.25) is 10.1 Å². The fourth-order valence-corrected chi connectivity index (χ4v) is 1.56. The SMILES string of the molecule is Nc1ncc([N+](=O)[O-])c(-c2ccc(F)c(Cl)c2)n1. The van der Waals surface area contributed by atoms with Crippen LogP contribution in [0, 0.1) is 15.9 Å². The maximum Gasteiger partial charge on any atom is 0.313 e. The summed E-state index contributed by atoms with van der Waals surface area (Å²) >= 11 is 5.62. The molecule has 8 heteroatoms. The first-order chi connectivity index (χ1) is 8.49. The molecule has 0 unspecified atom stereocenters. The van der Waals surface area contributed by atoms with Crippen LogP contribution in [0.2, 0.25) is 5.02 Å². The van der Waals surface area contributed by atoms with Crippen LogP contribution in [0.4, 0.5) is 16.0 Å². The van der Waals surface area contributed by atoms with Gasteiger partial charge in [-0.25, -0.2) is 14.4 Å². The van der Waals surface area contributed by atoms with Crippen LogP contribution in [0.1, 0.15) is 0 Å². The van der Waals surface area contributed by atoms with Gasteiger partial charge in [-0.1, -0.05) is 11.6 Å². The Morgan fingerprint density at radius 3 is 2.78 bits per heavy atom. The highest BCUT2D eigenvalue weighted by molar-refractivity contribution is 6.31. The maximum atomic E-state index is 13.0. The zero-order valence-electron chi connectivity index (χ0n) is 8.80. The first kappa shape index (κ1) is 12.2. The third-order valence-electron chi connectivity index (χ3n) is 2.18. The Kier molecular flexibility index (Phi) is 3.07. The number of anilines is 1. The molecule has 0 amide bonds. The van der Waals surface area contributed by atoms with Crippen LogP contribution in [0.3, 0.4) is 0 Å². The van der Waals surface area contributed by atoms with Gasteiger partial charge in [0, 0.05) is 5.56 Å². The molecule has 1 aromatic heterocycles. The molecule has 1 heterocycles. The van der Waals surface area contributed by atoms with E-state index in [4.69, 9.17) is 17.3 Å². The van der Waals surface area contributed by atoms with Crippen molar-refractivity contribution in [3.05, 3.63) is 45.4 Å². The minimum absolute atomic E-state index is 0.00519. The Balaban J connectivity index is 2.65. The fraction of sp³-hybridized carbons (Fsp3) is 0. The number of halogens is 2. The number of benzene rings is 1. The molecule has 0 spiro atoms. The summed E-state index contributed by atoms with van der Waals surface area (Å²) in [5.74, 6) is -0.735. The monoisotopic (exact) mass is 268 g/mol. The minimum Gasteiger partial charge on any atom is -0.368 e. The predicted octanol–water partition coefficient (Wildman–Crippen LogP) is 2.43. The van der Waals surface area contributed by atoms with Crippen molar-refractivity contribution in [2.75, 3.05) is 5.73 Å². The first-order valence-corrected chi connectivity index (χ1v) is 5.09. The van der Waals surface area contributed by atoms with Gasteiger partial charge in [0.05, 0.1) is 9.95 Å². The van der Waals surface area contributed by atoms with Crippen LogP contribution in [0.25, 0.3) is 11.3 Å². The van der Waals surface area contributed by atoms with Crippen LogP contribution >= 0.6 is 11.6 Å². The average molecular weight is 269 g/mol. The zero-order chi connectivity index (χ0) is 13.3. The van der Waals surface area contributed by atoms with Crippen molar-refractivity contribution in [1.29, 1.82) is 0 Å². The largest absolute Gasteiger partial charge is 0.368 e. The number of hydrogen-bond acceptors (Lipinski definition) is 5. The molecule has 2 rings (SSSR count). The van der Waals surface area contributed by atoms with Gasteiger partial charge < -0.3 is 5.73 Å². The molecule has 18 heavy (non-hydrogen) atoms. The molecule has 6 nitrogen and oxygen atoms in total. The van der Waals surface area contributed by atoms with E-state index in [1.165, 1.54) is 12.1 Å². The standard InChI is InChI=1S/C10H6ClFN4O2/c11-6-3-5(1-2-7(6)12)9-8(16(17)18)4-14-10(13)15-9/h1-4H,(H2,13,14,15). The summed E-state index contributed by atoms with van der Waals surface area (Å²) < 4.78 is 13.0. The summed E-state index contributed by atoms with van der Waals surface area (Å²) in [7, 11) is 0. The third-order valence-corrected chi connectivity index (χ3v) is 2.47. The highest BCUT2D eigenvalue weighted by Gasteiger charge is 2.19. The van der Waals surface area contributed by atoms with Gasteiger partial charge in [0.2, 0.25) is 5.95 Å². The van der Waals surface area contributed by atoms with Crippen molar-refractivity contribution >= 4 is 23.2 Å². The van der Waals surface area contributed by atoms with Gasteiger partial charge in [-0.2, -0.15) is 0 Å². The van der Waals surface area contributed by atoms with Crippen molar-refractivity contribution in [1.82, 2.24) is 9.97 Å². The molecule has 92 valence electrons. The number of hydrogen-bond donors (Lipinski definition) is 1. The molecule has 2 aromatic rings. The third kappa shape index (κ3) is 2.21. The lowest BCUT2D eigenvalue weighted by molar-refractivity contribution is -0.384.